The fourth-order valence-electron chi connectivity index (χ4n) is 1.81. The molecule has 0 radical (unpaired) electrons. The summed E-state index contributed by atoms with van der Waals surface area (Å²) in [5.74, 6) is -1.07. The van der Waals surface area contributed by atoms with Crippen molar-refractivity contribution in [3.05, 3.63) is 69.5 Å². The number of carbonyl (C=O) groups excluding carboxylic acids is 1. The molecule has 0 aliphatic carbocycles. The number of amides is 1. The smallest absolute Gasteiger partial charge is 0.253 e. The van der Waals surface area contributed by atoms with Crippen LogP contribution >= 0.6 is 23.2 Å². The zero-order chi connectivity index (χ0) is 15.4. The van der Waals surface area contributed by atoms with Crippen molar-refractivity contribution in [2.75, 3.05) is 0 Å². The van der Waals surface area contributed by atoms with Gasteiger partial charge in [-0.25, -0.2) is 4.39 Å². The first kappa shape index (κ1) is 15.8. The van der Waals surface area contributed by atoms with Crippen molar-refractivity contribution in [2.45, 2.75) is 12.6 Å². The Hall–Kier alpha value is -1.62. The Morgan fingerprint density at radius 2 is 1.81 bits per heavy atom. The lowest BCUT2D eigenvalue weighted by Gasteiger charge is -2.13. The predicted molar refractivity (Wildman–Crippen MR) is 79.7 cm³/mol. The first-order chi connectivity index (χ1) is 9.97. The second kappa shape index (κ2) is 6.89. The molecule has 0 fully saturated rings. The Bertz CT molecular complexity index is 644. The summed E-state index contributed by atoms with van der Waals surface area (Å²) < 4.78 is 13.4. The van der Waals surface area contributed by atoms with Crippen LogP contribution in [0.15, 0.2) is 42.5 Å². The molecule has 0 aromatic heterocycles. The van der Waals surface area contributed by atoms with Crippen molar-refractivity contribution < 1.29 is 14.3 Å². The van der Waals surface area contributed by atoms with Crippen LogP contribution in [-0.2, 0) is 11.3 Å². The molecule has 21 heavy (non-hydrogen) atoms. The number of rotatable bonds is 4. The quantitative estimate of drug-likeness (QED) is 0.903. The van der Waals surface area contributed by atoms with Crippen LogP contribution in [0.25, 0.3) is 0 Å². The average Bonchev–Trinajstić information content (AvgIpc) is 2.44. The standard InChI is InChI=1S/C15H12Cl2FNO2/c16-11-5-10(6-12(17)7-11)14(20)15(21)19-8-9-3-1-2-4-13(9)18/h1-7,14,20H,8H2,(H,19,21). The SMILES string of the molecule is O=C(NCc1ccccc1F)C(O)c1cc(Cl)cc(Cl)c1. The van der Waals surface area contributed by atoms with Crippen LogP contribution in [0.2, 0.25) is 10.0 Å². The summed E-state index contributed by atoms with van der Waals surface area (Å²) in [5, 5.41) is 13.1. The highest BCUT2D eigenvalue weighted by Gasteiger charge is 2.18. The molecule has 3 nitrogen and oxygen atoms in total. The molecule has 2 aromatic carbocycles. The molecule has 0 spiro atoms. The third-order valence-corrected chi connectivity index (χ3v) is 3.30. The van der Waals surface area contributed by atoms with Gasteiger partial charge in [-0.1, -0.05) is 41.4 Å². The van der Waals surface area contributed by atoms with Gasteiger partial charge in [-0.15, -0.1) is 0 Å². The van der Waals surface area contributed by atoms with Crippen LogP contribution < -0.4 is 5.32 Å². The number of aliphatic hydroxyl groups is 1. The van der Waals surface area contributed by atoms with Crippen molar-refractivity contribution in [1.29, 1.82) is 0 Å². The molecule has 1 unspecified atom stereocenters. The van der Waals surface area contributed by atoms with Crippen LogP contribution in [0.3, 0.4) is 0 Å². The van der Waals surface area contributed by atoms with Crippen LogP contribution in [0.4, 0.5) is 4.39 Å². The Morgan fingerprint density at radius 3 is 2.43 bits per heavy atom. The summed E-state index contributed by atoms with van der Waals surface area (Å²) in [6.45, 7) is -0.0170. The maximum absolute atomic E-state index is 13.4. The van der Waals surface area contributed by atoms with E-state index in [1.807, 2.05) is 0 Å². The highest BCUT2D eigenvalue weighted by atomic mass is 35.5. The van der Waals surface area contributed by atoms with E-state index in [-0.39, 0.29) is 12.1 Å². The van der Waals surface area contributed by atoms with E-state index in [1.165, 1.54) is 24.3 Å². The van der Waals surface area contributed by atoms with E-state index in [2.05, 4.69) is 5.32 Å². The summed E-state index contributed by atoms with van der Waals surface area (Å²) in [7, 11) is 0. The third-order valence-electron chi connectivity index (χ3n) is 2.86. The van der Waals surface area contributed by atoms with E-state index in [4.69, 9.17) is 23.2 Å². The van der Waals surface area contributed by atoms with E-state index < -0.39 is 17.8 Å². The predicted octanol–water partition coefficient (Wildman–Crippen LogP) is 3.48. The van der Waals surface area contributed by atoms with Crippen LogP contribution in [0.1, 0.15) is 17.2 Å². The molecule has 0 heterocycles. The second-order valence-electron chi connectivity index (χ2n) is 4.41. The van der Waals surface area contributed by atoms with Gasteiger partial charge in [0.1, 0.15) is 5.82 Å². The summed E-state index contributed by atoms with van der Waals surface area (Å²) in [5.41, 5.74) is 0.612. The molecule has 0 aliphatic heterocycles. The molecule has 1 amide bonds. The number of benzene rings is 2. The summed E-state index contributed by atoms with van der Waals surface area (Å²) >= 11 is 11.6. The second-order valence-corrected chi connectivity index (χ2v) is 5.29. The summed E-state index contributed by atoms with van der Waals surface area (Å²) in [6.07, 6.45) is -1.42. The number of nitrogens with one attached hydrogen (secondary N) is 1. The molecule has 6 heteroatoms. The summed E-state index contributed by atoms with van der Waals surface area (Å²) in [4.78, 5) is 11.9. The average molecular weight is 328 g/mol. The van der Waals surface area contributed by atoms with E-state index in [1.54, 1.807) is 18.2 Å². The first-order valence-electron chi connectivity index (χ1n) is 6.12. The first-order valence-corrected chi connectivity index (χ1v) is 6.88. The van der Waals surface area contributed by atoms with Gasteiger partial charge in [-0.3, -0.25) is 4.79 Å². The maximum Gasteiger partial charge on any atom is 0.253 e. The molecular weight excluding hydrogens is 316 g/mol. The van der Waals surface area contributed by atoms with Crippen molar-refractivity contribution >= 4 is 29.1 Å². The topological polar surface area (TPSA) is 49.3 Å². The van der Waals surface area contributed by atoms with E-state index in [0.29, 0.717) is 15.6 Å². The van der Waals surface area contributed by atoms with E-state index in [0.717, 1.165) is 0 Å². The lowest BCUT2D eigenvalue weighted by Crippen LogP contribution is -2.29. The molecular formula is C15H12Cl2FNO2. The third kappa shape index (κ3) is 4.17. The zero-order valence-corrected chi connectivity index (χ0v) is 12.3. The fourth-order valence-corrected chi connectivity index (χ4v) is 2.35. The molecule has 2 aromatic rings. The Kier molecular flexibility index (Phi) is 5.17. The number of aliphatic hydroxyl groups excluding tert-OH is 1. The van der Waals surface area contributed by atoms with Crippen LogP contribution in [-0.4, -0.2) is 11.0 Å². The molecule has 0 saturated carbocycles. The minimum absolute atomic E-state index is 0.0170. The van der Waals surface area contributed by atoms with Gasteiger partial charge >= 0.3 is 0 Å². The van der Waals surface area contributed by atoms with Crippen molar-refractivity contribution in [3.63, 3.8) is 0 Å². The van der Waals surface area contributed by atoms with Gasteiger partial charge < -0.3 is 10.4 Å². The number of carbonyl (C=O) groups is 1. The van der Waals surface area contributed by atoms with Gasteiger partial charge in [0.15, 0.2) is 6.10 Å². The van der Waals surface area contributed by atoms with E-state index >= 15 is 0 Å². The molecule has 0 saturated heterocycles. The van der Waals surface area contributed by atoms with Crippen molar-refractivity contribution in [1.82, 2.24) is 5.32 Å². The van der Waals surface area contributed by atoms with Gasteiger partial charge in [0.05, 0.1) is 0 Å². The summed E-state index contributed by atoms with van der Waals surface area (Å²) in [6, 6.07) is 10.5. The van der Waals surface area contributed by atoms with Crippen molar-refractivity contribution in [3.8, 4) is 0 Å². The highest BCUT2D eigenvalue weighted by molar-refractivity contribution is 6.34. The van der Waals surface area contributed by atoms with E-state index in [9.17, 15) is 14.3 Å². The molecule has 0 bridgehead atoms. The Balaban J connectivity index is 2.04. The maximum atomic E-state index is 13.4. The zero-order valence-electron chi connectivity index (χ0n) is 10.8. The van der Waals surface area contributed by atoms with Crippen LogP contribution in [0.5, 0.6) is 0 Å². The lowest BCUT2D eigenvalue weighted by atomic mass is 10.1. The normalized spacial score (nSPS) is 12.0. The minimum atomic E-state index is -1.42. The van der Waals surface area contributed by atoms with Gasteiger partial charge in [0, 0.05) is 22.2 Å². The van der Waals surface area contributed by atoms with Crippen LogP contribution in [0, 0.1) is 5.82 Å². The molecule has 110 valence electrons. The minimum Gasteiger partial charge on any atom is -0.378 e. The largest absolute Gasteiger partial charge is 0.378 e. The number of hydrogen-bond donors (Lipinski definition) is 2. The molecule has 1 atom stereocenters. The highest BCUT2D eigenvalue weighted by Crippen LogP contribution is 2.23. The monoisotopic (exact) mass is 327 g/mol. The van der Waals surface area contributed by atoms with Gasteiger partial charge in [0.2, 0.25) is 0 Å². The molecule has 0 aliphatic rings. The number of hydrogen-bond acceptors (Lipinski definition) is 2. The Labute approximate surface area is 131 Å². The van der Waals surface area contributed by atoms with Gasteiger partial charge in [0.25, 0.3) is 5.91 Å². The number of halogens is 3. The fraction of sp³-hybridized carbons (Fsp3) is 0.133. The van der Waals surface area contributed by atoms with Gasteiger partial charge in [-0.05, 0) is 29.8 Å². The Morgan fingerprint density at radius 1 is 1.19 bits per heavy atom. The molecule has 2 N–H and O–H groups in total. The van der Waals surface area contributed by atoms with Gasteiger partial charge in [-0.2, -0.15) is 0 Å². The molecule has 2 rings (SSSR count). The van der Waals surface area contributed by atoms with Crippen molar-refractivity contribution in [2.24, 2.45) is 0 Å². The lowest BCUT2D eigenvalue weighted by molar-refractivity contribution is -0.129.